The molecule has 0 unspecified atom stereocenters. The molecule has 0 bridgehead atoms. The number of nitriles is 1. The van der Waals surface area contributed by atoms with Gasteiger partial charge in [0, 0.05) is 25.0 Å². The van der Waals surface area contributed by atoms with Crippen molar-refractivity contribution in [3.63, 3.8) is 0 Å². The molecular weight excluding hydrogens is 378 g/mol. The summed E-state index contributed by atoms with van der Waals surface area (Å²) in [6.07, 6.45) is 7.92. The minimum atomic E-state index is -0.848. The number of carboxylic acid groups (broad SMARTS) is 1. The molecule has 0 atom stereocenters. The Hall–Kier alpha value is -3.14. The van der Waals surface area contributed by atoms with Crippen LogP contribution in [0.25, 0.3) is 0 Å². The third kappa shape index (κ3) is 3.82. The van der Waals surface area contributed by atoms with Gasteiger partial charge in [0.25, 0.3) is 0 Å². The molecule has 2 aromatic heterocycles. The van der Waals surface area contributed by atoms with Crippen molar-refractivity contribution in [3.05, 3.63) is 41.7 Å². The van der Waals surface area contributed by atoms with Crippen molar-refractivity contribution < 1.29 is 9.90 Å². The Bertz CT molecular complexity index is 972. The second kappa shape index (κ2) is 7.94. The van der Waals surface area contributed by atoms with E-state index in [-0.39, 0.29) is 6.04 Å². The minimum Gasteiger partial charge on any atom is -0.481 e. The van der Waals surface area contributed by atoms with Crippen molar-refractivity contribution in [1.29, 1.82) is 5.26 Å². The highest BCUT2D eigenvalue weighted by atomic mass is 16.4. The number of nitrogens with one attached hydrogen (secondary N) is 1. The summed E-state index contributed by atoms with van der Waals surface area (Å²) < 4.78 is 0. The summed E-state index contributed by atoms with van der Waals surface area (Å²) in [6, 6.07) is 7.73. The summed E-state index contributed by atoms with van der Waals surface area (Å²) in [5.74, 6) is 1.31. The summed E-state index contributed by atoms with van der Waals surface area (Å²) >= 11 is 0. The number of aliphatic carboxylic acids is 1. The largest absolute Gasteiger partial charge is 0.481 e. The molecule has 2 aliphatic carbocycles. The van der Waals surface area contributed by atoms with E-state index in [9.17, 15) is 9.90 Å². The topological polar surface area (TPSA) is 102 Å². The lowest BCUT2D eigenvalue weighted by atomic mass is 9.65. The lowest BCUT2D eigenvalue weighted by molar-refractivity contribution is -0.147. The third-order valence-electron chi connectivity index (χ3n) is 6.24. The van der Waals surface area contributed by atoms with E-state index in [1.54, 1.807) is 18.3 Å². The standard InChI is InChI=1S/C23H27N5O2/c1-15(2)28(14-16-4-5-16)21-19(27-20-7-6-17(11-24)12-25-20)10-18(13-26-21)23(22(29)30)8-3-9-23/h6-7,10,12-13,15-16H,3-5,8-9,14H2,1-2H3,(H,25,27)(H,29,30). The molecule has 0 saturated heterocycles. The Morgan fingerprint density at radius 1 is 1.33 bits per heavy atom. The van der Waals surface area contributed by atoms with E-state index in [0.717, 1.165) is 30.0 Å². The number of carboxylic acids is 1. The first-order valence-electron chi connectivity index (χ1n) is 10.6. The molecule has 0 aliphatic heterocycles. The number of nitrogens with zero attached hydrogens (tertiary/aromatic N) is 4. The Kier molecular flexibility index (Phi) is 5.33. The van der Waals surface area contributed by atoms with Crippen LogP contribution in [0.2, 0.25) is 0 Å². The molecule has 156 valence electrons. The number of rotatable bonds is 8. The van der Waals surface area contributed by atoms with Gasteiger partial charge in [0.15, 0.2) is 5.82 Å². The number of aromatic nitrogens is 2. The second-order valence-corrected chi connectivity index (χ2v) is 8.69. The first-order chi connectivity index (χ1) is 14.4. The van der Waals surface area contributed by atoms with Crippen LogP contribution in [-0.2, 0) is 10.2 Å². The Balaban J connectivity index is 1.74. The summed E-state index contributed by atoms with van der Waals surface area (Å²) in [5, 5.41) is 22.2. The van der Waals surface area contributed by atoms with Crippen molar-refractivity contribution in [2.24, 2.45) is 5.92 Å². The Morgan fingerprint density at radius 3 is 2.60 bits per heavy atom. The van der Waals surface area contributed by atoms with Gasteiger partial charge in [-0.3, -0.25) is 4.79 Å². The van der Waals surface area contributed by atoms with Gasteiger partial charge in [-0.25, -0.2) is 9.97 Å². The van der Waals surface area contributed by atoms with Gasteiger partial charge in [0.1, 0.15) is 11.9 Å². The molecule has 2 N–H and O–H groups in total. The Labute approximate surface area is 176 Å². The molecule has 2 fully saturated rings. The fourth-order valence-corrected chi connectivity index (χ4v) is 3.99. The fraction of sp³-hybridized carbons (Fsp3) is 0.478. The number of anilines is 3. The van der Waals surface area contributed by atoms with E-state index < -0.39 is 11.4 Å². The molecule has 7 nitrogen and oxygen atoms in total. The van der Waals surface area contributed by atoms with Gasteiger partial charge in [0.2, 0.25) is 0 Å². The van der Waals surface area contributed by atoms with Gasteiger partial charge < -0.3 is 15.3 Å². The van der Waals surface area contributed by atoms with E-state index in [4.69, 9.17) is 10.2 Å². The van der Waals surface area contributed by atoms with Crippen LogP contribution in [0.3, 0.4) is 0 Å². The van der Waals surface area contributed by atoms with Gasteiger partial charge in [-0.1, -0.05) is 6.42 Å². The predicted molar refractivity (Wildman–Crippen MR) is 115 cm³/mol. The molecule has 0 spiro atoms. The molecule has 2 saturated carbocycles. The molecule has 0 amide bonds. The summed E-state index contributed by atoms with van der Waals surface area (Å²) in [7, 11) is 0. The zero-order valence-electron chi connectivity index (χ0n) is 17.4. The molecule has 2 heterocycles. The normalized spacial score (nSPS) is 17.1. The molecule has 7 heteroatoms. The average molecular weight is 406 g/mol. The summed E-state index contributed by atoms with van der Waals surface area (Å²) in [4.78, 5) is 23.4. The maximum atomic E-state index is 12.0. The van der Waals surface area contributed by atoms with Gasteiger partial charge in [-0.2, -0.15) is 5.26 Å². The van der Waals surface area contributed by atoms with Gasteiger partial charge in [-0.05, 0) is 69.2 Å². The SMILES string of the molecule is CC(C)N(CC1CC1)c1ncc(C2(C(=O)O)CCC2)cc1Nc1ccc(C#N)cn1. The summed E-state index contributed by atoms with van der Waals surface area (Å²) in [6.45, 7) is 5.22. The Morgan fingerprint density at radius 2 is 2.10 bits per heavy atom. The highest BCUT2D eigenvalue weighted by Crippen LogP contribution is 2.46. The quantitative estimate of drug-likeness (QED) is 0.678. The lowest BCUT2D eigenvalue weighted by Gasteiger charge is -2.38. The van der Waals surface area contributed by atoms with Crippen LogP contribution in [-0.4, -0.2) is 33.6 Å². The minimum absolute atomic E-state index is 0.260. The third-order valence-corrected chi connectivity index (χ3v) is 6.24. The lowest BCUT2D eigenvalue weighted by Crippen LogP contribution is -2.42. The van der Waals surface area contributed by atoms with Crippen molar-refractivity contribution in [1.82, 2.24) is 9.97 Å². The van der Waals surface area contributed by atoms with Crippen LogP contribution < -0.4 is 10.2 Å². The second-order valence-electron chi connectivity index (χ2n) is 8.69. The molecule has 0 aromatic carbocycles. The van der Waals surface area contributed by atoms with Crippen LogP contribution in [0.5, 0.6) is 0 Å². The van der Waals surface area contributed by atoms with E-state index in [1.807, 2.05) is 6.07 Å². The van der Waals surface area contributed by atoms with E-state index >= 15 is 0 Å². The molecule has 4 rings (SSSR count). The fourth-order valence-electron chi connectivity index (χ4n) is 3.99. The van der Waals surface area contributed by atoms with Crippen LogP contribution in [0.1, 0.15) is 57.1 Å². The van der Waals surface area contributed by atoms with Crippen molar-refractivity contribution in [3.8, 4) is 6.07 Å². The van der Waals surface area contributed by atoms with Crippen LogP contribution in [0.15, 0.2) is 30.6 Å². The van der Waals surface area contributed by atoms with E-state index in [0.29, 0.717) is 30.1 Å². The monoisotopic (exact) mass is 405 g/mol. The number of carbonyl (C=O) groups is 1. The highest BCUT2D eigenvalue weighted by molar-refractivity contribution is 5.84. The maximum Gasteiger partial charge on any atom is 0.314 e. The molecule has 2 aromatic rings. The average Bonchev–Trinajstić information content (AvgIpc) is 3.50. The smallest absolute Gasteiger partial charge is 0.314 e. The number of pyridine rings is 2. The van der Waals surface area contributed by atoms with Crippen molar-refractivity contribution in [2.75, 3.05) is 16.8 Å². The first-order valence-corrected chi connectivity index (χ1v) is 10.6. The number of hydrogen-bond donors (Lipinski definition) is 2. The molecule has 0 radical (unpaired) electrons. The van der Waals surface area contributed by atoms with Crippen molar-refractivity contribution in [2.45, 2.75) is 57.4 Å². The zero-order valence-corrected chi connectivity index (χ0v) is 17.4. The molecule has 2 aliphatic rings. The van der Waals surface area contributed by atoms with E-state index in [1.165, 1.54) is 19.0 Å². The predicted octanol–water partition coefficient (Wildman–Crippen LogP) is 4.22. The zero-order chi connectivity index (χ0) is 21.3. The van der Waals surface area contributed by atoms with Crippen LogP contribution in [0.4, 0.5) is 17.3 Å². The van der Waals surface area contributed by atoms with Crippen molar-refractivity contribution >= 4 is 23.3 Å². The van der Waals surface area contributed by atoms with Gasteiger partial charge in [0.05, 0.1) is 16.7 Å². The van der Waals surface area contributed by atoms with Gasteiger partial charge in [-0.15, -0.1) is 0 Å². The number of hydrogen-bond acceptors (Lipinski definition) is 6. The first kappa shape index (κ1) is 20.1. The summed E-state index contributed by atoms with van der Waals surface area (Å²) in [5.41, 5.74) is 1.13. The maximum absolute atomic E-state index is 12.0. The molecule has 30 heavy (non-hydrogen) atoms. The highest BCUT2D eigenvalue weighted by Gasteiger charge is 2.46. The van der Waals surface area contributed by atoms with Crippen LogP contribution in [0, 0.1) is 17.2 Å². The van der Waals surface area contributed by atoms with Gasteiger partial charge >= 0.3 is 5.97 Å². The van der Waals surface area contributed by atoms with E-state index in [2.05, 4.69) is 35.1 Å². The molecular formula is C23H27N5O2. The van der Waals surface area contributed by atoms with Crippen LogP contribution >= 0.6 is 0 Å².